The van der Waals surface area contributed by atoms with Crippen LogP contribution in [0.4, 0.5) is 32.0 Å². The molecule has 49 heavy (non-hydrogen) atoms. The van der Waals surface area contributed by atoms with Crippen LogP contribution in [-0.2, 0) is 26.6 Å². The van der Waals surface area contributed by atoms with Crippen LogP contribution in [0, 0.1) is 6.92 Å². The molecule has 1 amide bonds. The molecule has 2 N–H and O–H groups in total. The van der Waals surface area contributed by atoms with Gasteiger partial charge in [0, 0.05) is 10.7 Å². The van der Waals surface area contributed by atoms with Crippen molar-refractivity contribution in [2.45, 2.75) is 62.2 Å². The van der Waals surface area contributed by atoms with Gasteiger partial charge in [-0.25, -0.2) is 4.98 Å². The largest absolute Gasteiger partial charge is 0.573 e. The zero-order valence-electron chi connectivity index (χ0n) is 26.1. The van der Waals surface area contributed by atoms with E-state index in [2.05, 4.69) is 15.0 Å². The third-order valence-electron chi connectivity index (χ3n) is 7.42. The monoisotopic (exact) mass is 729 g/mol. The van der Waals surface area contributed by atoms with Crippen molar-refractivity contribution in [3.8, 4) is 5.75 Å². The summed E-state index contributed by atoms with van der Waals surface area (Å²) in [6.07, 6.45) is -9.29. The number of hydrogen-bond acceptors (Lipinski definition) is 6. The molecule has 1 aliphatic heterocycles. The molecule has 1 saturated heterocycles. The molecule has 1 aliphatic rings. The fourth-order valence-corrected chi connectivity index (χ4v) is 5.83. The lowest BCUT2D eigenvalue weighted by molar-refractivity contribution is -0.274. The highest BCUT2D eigenvalue weighted by Crippen LogP contribution is 2.40. The van der Waals surface area contributed by atoms with E-state index in [0.29, 0.717) is 16.3 Å². The Morgan fingerprint density at radius 2 is 1.49 bits per heavy atom. The van der Waals surface area contributed by atoms with Crippen molar-refractivity contribution in [1.82, 2.24) is 10.3 Å². The van der Waals surface area contributed by atoms with Crippen LogP contribution in [0.2, 0.25) is 5.02 Å². The topological polar surface area (TPSA) is 109 Å². The Labute approximate surface area is 283 Å². The number of carbonyl (C=O) groups excluding carboxylic acids is 1. The first-order chi connectivity index (χ1) is 22.6. The van der Waals surface area contributed by atoms with Crippen molar-refractivity contribution < 1.29 is 48.8 Å². The molecule has 0 radical (unpaired) electrons. The lowest BCUT2D eigenvalue weighted by Gasteiger charge is -2.29. The van der Waals surface area contributed by atoms with Crippen LogP contribution >= 0.6 is 11.6 Å². The van der Waals surface area contributed by atoms with Crippen molar-refractivity contribution in [2.24, 2.45) is 0 Å². The number of rotatable bonds is 7. The van der Waals surface area contributed by atoms with E-state index >= 15 is 0 Å². The van der Waals surface area contributed by atoms with Crippen molar-refractivity contribution in [3.63, 3.8) is 0 Å². The van der Waals surface area contributed by atoms with Gasteiger partial charge in [0.1, 0.15) is 11.4 Å². The number of alkyl halides is 6. The molecule has 4 aromatic rings. The number of aryl methyl sites for hydroxylation is 1. The highest BCUT2D eigenvalue weighted by molar-refractivity contribution is 7.85. The molecule has 1 fully saturated rings. The molecule has 0 spiro atoms. The quantitative estimate of drug-likeness (QED) is 0.146. The van der Waals surface area contributed by atoms with Crippen LogP contribution in [0.25, 0.3) is 0 Å². The molecule has 2 atom stereocenters. The number of aromatic nitrogens is 1. The molecule has 0 bridgehead atoms. The van der Waals surface area contributed by atoms with Crippen molar-refractivity contribution in [3.05, 3.63) is 119 Å². The second-order valence-electron chi connectivity index (χ2n) is 11.6. The first-order valence-corrected chi connectivity index (χ1v) is 16.3. The molecule has 5 rings (SSSR count). The number of anilines is 1. The minimum Gasteiger partial charge on any atom is -0.406 e. The number of nitrogens with one attached hydrogen (secondary N) is 1. The smallest absolute Gasteiger partial charge is 0.406 e. The highest BCUT2D eigenvalue weighted by atomic mass is 35.5. The highest BCUT2D eigenvalue weighted by Gasteiger charge is 2.44. The van der Waals surface area contributed by atoms with Crippen LogP contribution in [-0.4, -0.2) is 36.3 Å². The van der Waals surface area contributed by atoms with Gasteiger partial charge >= 0.3 is 12.5 Å². The SMILES string of the molecule is CC(C)(N[C@@H]1C[C@H](c2cccc(Cl)c2)N(c2ccc(OC(F)(F)F)cc2)C1=O)c1cccc(C(F)(F)F)n1.Cc1ccc(S(=O)(=O)O)cc1. The maximum absolute atomic E-state index is 13.6. The Hall–Kier alpha value is -4.18. The predicted octanol–water partition coefficient (Wildman–Crippen LogP) is 8.27. The molecule has 1 aromatic heterocycles. The molecule has 16 heteroatoms. The maximum atomic E-state index is 13.6. The number of benzene rings is 3. The van der Waals surface area contributed by atoms with Gasteiger partial charge in [-0.1, -0.05) is 47.5 Å². The average molecular weight is 730 g/mol. The molecule has 8 nitrogen and oxygen atoms in total. The predicted molar refractivity (Wildman–Crippen MR) is 170 cm³/mol. The van der Waals surface area contributed by atoms with Crippen molar-refractivity contribution in [1.29, 1.82) is 0 Å². The lowest BCUT2D eigenvalue weighted by Crippen LogP contribution is -2.48. The standard InChI is InChI=1S/C26H22ClF6N3O2.C7H8O3S/c1-24(2,21-7-4-8-22(34-21)25(28,29)30)35-19-14-20(15-5-3-6-16(27)13-15)36(23(19)37)17-9-11-18(12-10-17)38-26(31,32)33;1-6-2-4-7(5-3-6)11(8,9)10/h3-13,19-20,35H,14H2,1-2H3;2-5H,1H3,(H,8,9,10)/t19-,20-;/m1./s1. The number of amides is 1. The van der Waals surface area contributed by atoms with Crippen molar-refractivity contribution in [2.75, 3.05) is 4.90 Å². The van der Waals surface area contributed by atoms with Gasteiger partial charge in [0.2, 0.25) is 5.91 Å². The van der Waals surface area contributed by atoms with Crippen LogP contribution in [0.3, 0.4) is 0 Å². The summed E-state index contributed by atoms with van der Waals surface area (Å²) < 4.78 is 111. The fraction of sp³-hybridized carbons (Fsp3) is 0.273. The van der Waals surface area contributed by atoms with E-state index in [4.69, 9.17) is 16.2 Å². The Morgan fingerprint density at radius 1 is 0.898 bits per heavy atom. The van der Waals surface area contributed by atoms with Gasteiger partial charge in [-0.2, -0.15) is 21.6 Å². The average Bonchev–Trinajstić information content (AvgIpc) is 3.31. The summed E-state index contributed by atoms with van der Waals surface area (Å²) in [6, 6.07) is 19.8. The van der Waals surface area contributed by atoms with Crippen LogP contribution in [0.1, 0.15) is 48.8 Å². The minimum atomic E-state index is -4.87. The Balaban J connectivity index is 0.000000418. The Morgan fingerprint density at radius 3 is 2.04 bits per heavy atom. The zero-order valence-corrected chi connectivity index (χ0v) is 27.6. The molecular weight excluding hydrogens is 700 g/mol. The lowest BCUT2D eigenvalue weighted by atomic mass is 9.96. The van der Waals surface area contributed by atoms with E-state index < -0.39 is 57.6 Å². The minimum absolute atomic E-state index is 0.0666. The van der Waals surface area contributed by atoms with E-state index in [0.717, 1.165) is 23.8 Å². The summed E-state index contributed by atoms with van der Waals surface area (Å²) in [5.41, 5.74) is -0.151. The van der Waals surface area contributed by atoms with Crippen molar-refractivity contribution >= 4 is 33.3 Å². The number of carbonyl (C=O) groups is 1. The van der Waals surface area contributed by atoms with Gasteiger partial charge in [-0.15, -0.1) is 13.2 Å². The van der Waals surface area contributed by atoms with E-state index in [-0.39, 0.29) is 17.0 Å². The fourth-order valence-electron chi connectivity index (χ4n) is 5.15. The van der Waals surface area contributed by atoms with Gasteiger partial charge in [0.15, 0.2) is 0 Å². The van der Waals surface area contributed by atoms with E-state index in [1.807, 2.05) is 6.92 Å². The van der Waals surface area contributed by atoms with Gasteiger partial charge in [-0.3, -0.25) is 14.7 Å². The number of nitrogens with zero attached hydrogens (tertiary/aromatic N) is 2. The van der Waals surface area contributed by atoms with Gasteiger partial charge < -0.3 is 9.64 Å². The van der Waals surface area contributed by atoms with Gasteiger partial charge in [0.05, 0.1) is 28.2 Å². The van der Waals surface area contributed by atoms with Crippen LogP contribution < -0.4 is 15.0 Å². The molecule has 2 heterocycles. The Bertz CT molecular complexity index is 1890. The third kappa shape index (κ3) is 9.94. The van der Waals surface area contributed by atoms with Gasteiger partial charge in [-0.05, 0) is 93.4 Å². The first-order valence-electron chi connectivity index (χ1n) is 14.4. The summed E-state index contributed by atoms with van der Waals surface area (Å²) in [4.78, 5) is 18.8. The maximum Gasteiger partial charge on any atom is 0.573 e. The second-order valence-corrected chi connectivity index (χ2v) is 13.4. The van der Waals surface area contributed by atoms with Gasteiger partial charge in [0.25, 0.3) is 10.1 Å². The normalized spacial score (nSPS) is 17.0. The second kappa shape index (κ2) is 14.4. The van der Waals surface area contributed by atoms with Crippen LogP contribution in [0.15, 0.2) is 95.9 Å². The Kier molecular flexibility index (Phi) is 11.0. The van der Waals surface area contributed by atoms with E-state index in [1.165, 1.54) is 41.3 Å². The number of hydrogen-bond donors (Lipinski definition) is 2. The summed E-state index contributed by atoms with van der Waals surface area (Å²) in [6.45, 7) is 5.07. The molecule has 262 valence electrons. The summed E-state index contributed by atoms with van der Waals surface area (Å²) in [7, 11) is -4.02. The number of ether oxygens (including phenoxy) is 1. The first kappa shape index (κ1) is 37.6. The molecule has 0 unspecified atom stereocenters. The summed E-state index contributed by atoms with van der Waals surface area (Å²) in [5, 5.41) is 3.55. The third-order valence-corrected chi connectivity index (χ3v) is 8.52. The molecule has 0 saturated carbocycles. The molecule has 0 aliphatic carbocycles. The summed E-state index contributed by atoms with van der Waals surface area (Å²) in [5.74, 6) is -0.863. The van der Waals surface area contributed by atoms with E-state index in [9.17, 15) is 39.6 Å². The molecular formula is C33H30ClF6N3O5S. The summed E-state index contributed by atoms with van der Waals surface area (Å²) >= 11 is 6.17. The number of pyridine rings is 1. The van der Waals surface area contributed by atoms with Crippen LogP contribution in [0.5, 0.6) is 5.75 Å². The molecule has 3 aromatic carbocycles. The number of halogens is 7. The van der Waals surface area contributed by atoms with E-state index in [1.54, 1.807) is 50.2 Å². The zero-order chi connectivity index (χ0) is 36.4.